The number of aromatic nitrogens is 1. The van der Waals surface area contributed by atoms with Crippen molar-refractivity contribution in [1.82, 2.24) is 4.98 Å². The third-order valence-electron chi connectivity index (χ3n) is 2.86. The first kappa shape index (κ1) is 11.9. The zero-order valence-electron chi connectivity index (χ0n) is 10.2. The molecule has 1 aromatic rings. The summed E-state index contributed by atoms with van der Waals surface area (Å²) in [7, 11) is 1.35. The van der Waals surface area contributed by atoms with Gasteiger partial charge in [-0.3, -0.25) is 0 Å². The second kappa shape index (κ2) is 4.00. The number of hydrogen-bond acceptors (Lipinski definition) is 5. The lowest BCUT2D eigenvalue weighted by molar-refractivity contribution is 0.0304. The Balaban J connectivity index is 2.18. The van der Waals surface area contributed by atoms with Crippen LogP contribution in [0.25, 0.3) is 0 Å². The Bertz CT molecular complexity index is 449. The summed E-state index contributed by atoms with van der Waals surface area (Å²) >= 11 is 0. The molecule has 5 nitrogen and oxygen atoms in total. The highest BCUT2D eigenvalue weighted by atomic mass is 16.5. The molecular weight excluding hydrogens is 220 g/mol. The smallest absolute Gasteiger partial charge is 0.339 e. The van der Waals surface area contributed by atoms with Gasteiger partial charge >= 0.3 is 5.97 Å². The van der Waals surface area contributed by atoms with Gasteiger partial charge < -0.3 is 14.7 Å². The number of hydrogen-bond donors (Lipinski definition) is 1. The molecule has 0 saturated carbocycles. The molecule has 1 saturated heterocycles. The molecule has 0 bridgehead atoms. The molecule has 0 amide bonds. The number of β-amino-alcohol motifs (C(OH)–C–C–N with tert-alkyl or cyclic N) is 1. The SMILES string of the molecule is COC(=O)c1ccc(N2CC(C)(O)C2)nc1C. The Kier molecular flexibility index (Phi) is 2.79. The van der Waals surface area contributed by atoms with E-state index in [2.05, 4.69) is 9.72 Å². The molecule has 1 N–H and O–H groups in total. The van der Waals surface area contributed by atoms with Crippen molar-refractivity contribution in [2.75, 3.05) is 25.1 Å². The van der Waals surface area contributed by atoms with Gasteiger partial charge in [0.2, 0.25) is 0 Å². The average Bonchev–Trinajstić information content (AvgIpc) is 2.24. The van der Waals surface area contributed by atoms with E-state index in [0.29, 0.717) is 24.3 Å². The number of carbonyl (C=O) groups excluding carboxylic acids is 1. The van der Waals surface area contributed by atoms with Gasteiger partial charge in [0.05, 0.1) is 24.0 Å². The normalized spacial score (nSPS) is 17.5. The van der Waals surface area contributed by atoms with Crippen molar-refractivity contribution in [1.29, 1.82) is 0 Å². The topological polar surface area (TPSA) is 62.7 Å². The highest BCUT2D eigenvalue weighted by Crippen LogP contribution is 2.26. The standard InChI is InChI=1S/C12H16N2O3/c1-8-9(11(15)17-3)4-5-10(13-8)14-6-12(2,16)7-14/h4-5,16H,6-7H2,1-3H3. The molecule has 1 aromatic heterocycles. The van der Waals surface area contributed by atoms with E-state index in [0.717, 1.165) is 5.82 Å². The highest BCUT2D eigenvalue weighted by molar-refractivity contribution is 5.90. The molecule has 2 heterocycles. The minimum atomic E-state index is -0.628. The minimum Gasteiger partial charge on any atom is -0.465 e. The Morgan fingerprint density at radius 2 is 2.18 bits per heavy atom. The van der Waals surface area contributed by atoms with Crippen LogP contribution in [0.3, 0.4) is 0 Å². The number of rotatable bonds is 2. The van der Waals surface area contributed by atoms with Gasteiger partial charge in [-0.25, -0.2) is 9.78 Å². The number of anilines is 1. The predicted molar refractivity (Wildman–Crippen MR) is 63.2 cm³/mol. The van der Waals surface area contributed by atoms with Gasteiger partial charge in [0.1, 0.15) is 5.82 Å². The van der Waals surface area contributed by atoms with Crippen molar-refractivity contribution in [2.24, 2.45) is 0 Å². The molecule has 2 rings (SSSR count). The van der Waals surface area contributed by atoms with Crippen LogP contribution in [0.5, 0.6) is 0 Å². The molecule has 1 aliphatic rings. The average molecular weight is 236 g/mol. The summed E-state index contributed by atoms with van der Waals surface area (Å²) < 4.78 is 4.66. The fourth-order valence-electron chi connectivity index (χ4n) is 1.99. The van der Waals surface area contributed by atoms with E-state index in [1.165, 1.54) is 7.11 Å². The van der Waals surface area contributed by atoms with Gasteiger partial charge in [-0.1, -0.05) is 0 Å². The number of aryl methyl sites for hydroxylation is 1. The summed E-state index contributed by atoms with van der Waals surface area (Å²) in [4.78, 5) is 17.7. The van der Waals surface area contributed by atoms with E-state index in [1.807, 2.05) is 4.90 Å². The summed E-state index contributed by atoms with van der Waals surface area (Å²) in [5.41, 5.74) is 0.487. The largest absolute Gasteiger partial charge is 0.465 e. The molecule has 0 aliphatic carbocycles. The van der Waals surface area contributed by atoms with Crippen LogP contribution in [0.4, 0.5) is 5.82 Å². The van der Waals surface area contributed by atoms with E-state index >= 15 is 0 Å². The Morgan fingerprint density at radius 3 is 2.65 bits per heavy atom. The van der Waals surface area contributed by atoms with Gasteiger partial charge in [0, 0.05) is 13.1 Å². The number of nitrogens with zero attached hydrogens (tertiary/aromatic N) is 2. The lowest BCUT2D eigenvalue weighted by Gasteiger charge is -2.45. The number of ether oxygens (including phenoxy) is 1. The lowest BCUT2D eigenvalue weighted by atomic mass is 9.97. The van der Waals surface area contributed by atoms with Gasteiger partial charge in [-0.15, -0.1) is 0 Å². The molecule has 1 fully saturated rings. The molecule has 0 aromatic carbocycles. The van der Waals surface area contributed by atoms with Crippen molar-refractivity contribution in [3.63, 3.8) is 0 Å². The first-order valence-electron chi connectivity index (χ1n) is 5.46. The fraction of sp³-hybridized carbons (Fsp3) is 0.500. The van der Waals surface area contributed by atoms with Crippen molar-refractivity contribution in [3.8, 4) is 0 Å². The van der Waals surface area contributed by atoms with Gasteiger partial charge in [-0.2, -0.15) is 0 Å². The molecule has 5 heteroatoms. The van der Waals surface area contributed by atoms with Crippen LogP contribution in [0.2, 0.25) is 0 Å². The molecule has 92 valence electrons. The number of aliphatic hydroxyl groups is 1. The zero-order valence-corrected chi connectivity index (χ0v) is 10.2. The minimum absolute atomic E-state index is 0.378. The third kappa shape index (κ3) is 2.24. The summed E-state index contributed by atoms with van der Waals surface area (Å²) in [5, 5.41) is 9.65. The monoisotopic (exact) mass is 236 g/mol. The van der Waals surface area contributed by atoms with E-state index in [4.69, 9.17) is 0 Å². The predicted octanol–water partition coefficient (Wildman–Crippen LogP) is 0.748. The quantitative estimate of drug-likeness (QED) is 0.768. The summed E-state index contributed by atoms with van der Waals surface area (Å²) in [6, 6.07) is 3.48. The number of pyridine rings is 1. The van der Waals surface area contributed by atoms with Crippen LogP contribution in [-0.2, 0) is 4.74 Å². The van der Waals surface area contributed by atoms with Crippen molar-refractivity contribution < 1.29 is 14.6 Å². The van der Waals surface area contributed by atoms with Gasteiger partial charge in [0.15, 0.2) is 0 Å². The maximum atomic E-state index is 11.4. The van der Waals surface area contributed by atoms with E-state index in [-0.39, 0.29) is 5.97 Å². The Morgan fingerprint density at radius 1 is 1.53 bits per heavy atom. The number of carbonyl (C=O) groups is 1. The van der Waals surface area contributed by atoms with Crippen molar-refractivity contribution in [3.05, 3.63) is 23.4 Å². The highest BCUT2D eigenvalue weighted by Gasteiger charge is 2.37. The molecule has 17 heavy (non-hydrogen) atoms. The molecular formula is C12H16N2O3. The lowest BCUT2D eigenvalue weighted by Crippen LogP contribution is -2.60. The van der Waals surface area contributed by atoms with Gasteiger partial charge in [-0.05, 0) is 26.0 Å². The summed E-state index contributed by atoms with van der Waals surface area (Å²) in [6.07, 6.45) is 0. The van der Waals surface area contributed by atoms with Crippen molar-refractivity contribution >= 4 is 11.8 Å². The first-order chi connectivity index (χ1) is 7.93. The Labute approximate surface area is 100 Å². The third-order valence-corrected chi connectivity index (χ3v) is 2.86. The van der Waals surface area contributed by atoms with Crippen LogP contribution in [0.15, 0.2) is 12.1 Å². The van der Waals surface area contributed by atoms with Crippen LogP contribution < -0.4 is 4.90 Å². The van der Waals surface area contributed by atoms with Crippen LogP contribution in [0.1, 0.15) is 23.0 Å². The van der Waals surface area contributed by atoms with Crippen molar-refractivity contribution in [2.45, 2.75) is 19.4 Å². The maximum absolute atomic E-state index is 11.4. The van der Waals surface area contributed by atoms with E-state index in [1.54, 1.807) is 26.0 Å². The molecule has 1 aliphatic heterocycles. The van der Waals surface area contributed by atoms with Crippen LogP contribution in [0, 0.1) is 6.92 Å². The van der Waals surface area contributed by atoms with Crippen LogP contribution in [-0.4, -0.2) is 41.9 Å². The van der Waals surface area contributed by atoms with Crippen LogP contribution >= 0.6 is 0 Å². The summed E-state index contributed by atoms with van der Waals surface area (Å²) in [6.45, 7) is 4.70. The van der Waals surface area contributed by atoms with E-state index < -0.39 is 5.60 Å². The molecule has 0 radical (unpaired) electrons. The van der Waals surface area contributed by atoms with Gasteiger partial charge in [0.25, 0.3) is 0 Å². The number of methoxy groups -OCH3 is 1. The zero-order chi connectivity index (χ0) is 12.6. The second-order valence-electron chi connectivity index (χ2n) is 4.65. The van der Waals surface area contributed by atoms with E-state index in [9.17, 15) is 9.90 Å². The number of esters is 1. The molecule has 0 spiro atoms. The Hall–Kier alpha value is -1.62. The first-order valence-corrected chi connectivity index (χ1v) is 5.46. The fourth-order valence-corrected chi connectivity index (χ4v) is 1.99. The maximum Gasteiger partial charge on any atom is 0.339 e. The molecule has 0 unspecified atom stereocenters. The summed E-state index contributed by atoms with van der Waals surface area (Å²) in [5.74, 6) is 0.402. The molecule has 0 atom stereocenters. The second-order valence-corrected chi connectivity index (χ2v) is 4.65.